The zero-order valence-corrected chi connectivity index (χ0v) is 15.7. The molecule has 0 saturated carbocycles. The summed E-state index contributed by atoms with van der Waals surface area (Å²) in [6, 6.07) is 17.8. The third kappa shape index (κ3) is 5.61. The van der Waals surface area contributed by atoms with Crippen LogP contribution in [0.15, 0.2) is 54.6 Å². The molecule has 0 unspecified atom stereocenters. The maximum atomic E-state index is 12.1. The molecule has 0 fully saturated rings. The average molecular weight is 373 g/mol. The Morgan fingerprint density at radius 3 is 2.33 bits per heavy atom. The number of hydrogen-bond donors (Lipinski definition) is 3. The van der Waals surface area contributed by atoms with Gasteiger partial charge in [-0.05, 0) is 30.5 Å². The Morgan fingerprint density at radius 2 is 1.74 bits per heavy atom. The summed E-state index contributed by atoms with van der Waals surface area (Å²) in [6.07, 6.45) is -0.912. The zero-order valence-electron chi connectivity index (χ0n) is 15.7. The molecule has 0 aromatic heterocycles. The summed E-state index contributed by atoms with van der Waals surface area (Å²) in [5, 5.41) is 19.4. The fourth-order valence-corrected chi connectivity index (χ4v) is 2.70. The number of hydroxylamine groups is 1. The largest absolute Gasteiger partial charge is 0.389 e. The first kappa shape index (κ1) is 21.1. The zero-order chi connectivity index (χ0) is 19.7. The summed E-state index contributed by atoms with van der Waals surface area (Å²) >= 11 is 0. The normalized spacial score (nSPS) is 14.4. The number of ether oxygens (including phenoxy) is 2. The van der Waals surface area contributed by atoms with Crippen LogP contribution in [0.2, 0.25) is 0 Å². The van der Waals surface area contributed by atoms with Crippen molar-refractivity contribution in [1.82, 2.24) is 5.48 Å². The van der Waals surface area contributed by atoms with Crippen molar-refractivity contribution in [3.05, 3.63) is 60.2 Å². The summed E-state index contributed by atoms with van der Waals surface area (Å²) in [7, 11) is 0. The fraction of sp³-hybridized carbons (Fsp3) is 0.381. The summed E-state index contributed by atoms with van der Waals surface area (Å²) < 4.78 is 10.9. The van der Waals surface area contributed by atoms with Crippen LogP contribution in [0.4, 0.5) is 0 Å². The molecule has 0 saturated heterocycles. The number of aliphatic hydroxyl groups excluding tert-OH is 1. The van der Waals surface area contributed by atoms with Gasteiger partial charge in [0.1, 0.15) is 0 Å². The Morgan fingerprint density at radius 1 is 1.11 bits per heavy atom. The van der Waals surface area contributed by atoms with Gasteiger partial charge >= 0.3 is 0 Å². The van der Waals surface area contributed by atoms with Crippen molar-refractivity contribution in [2.75, 3.05) is 13.2 Å². The molecule has 2 atom stereocenters. The lowest BCUT2D eigenvalue weighted by Crippen LogP contribution is -2.54. The molecule has 6 heteroatoms. The molecule has 0 aliphatic carbocycles. The van der Waals surface area contributed by atoms with Gasteiger partial charge in [0.2, 0.25) is 0 Å². The molecule has 6 nitrogen and oxygen atoms in total. The minimum absolute atomic E-state index is 0.116. The van der Waals surface area contributed by atoms with E-state index in [2.05, 4.69) is 0 Å². The number of carbonyl (C=O) groups excluding carboxylic acids is 1. The van der Waals surface area contributed by atoms with Crippen LogP contribution < -0.4 is 5.48 Å². The molecule has 146 valence electrons. The molecule has 1 amide bonds. The van der Waals surface area contributed by atoms with E-state index in [4.69, 9.17) is 14.7 Å². The van der Waals surface area contributed by atoms with Crippen LogP contribution in [0, 0.1) is 0 Å². The van der Waals surface area contributed by atoms with E-state index in [0.29, 0.717) is 13.2 Å². The molecule has 0 aliphatic rings. The van der Waals surface area contributed by atoms with Gasteiger partial charge in [0.05, 0.1) is 12.7 Å². The lowest BCUT2D eigenvalue weighted by atomic mass is 9.95. The van der Waals surface area contributed by atoms with Crippen molar-refractivity contribution < 1.29 is 24.6 Å². The minimum atomic E-state index is -1.59. The van der Waals surface area contributed by atoms with Gasteiger partial charge in [-0.25, -0.2) is 5.48 Å². The van der Waals surface area contributed by atoms with Crippen LogP contribution in [0.5, 0.6) is 0 Å². The topological polar surface area (TPSA) is 88.0 Å². The van der Waals surface area contributed by atoms with Gasteiger partial charge in [-0.3, -0.25) is 10.0 Å². The van der Waals surface area contributed by atoms with Gasteiger partial charge in [0.15, 0.2) is 5.60 Å². The molecule has 0 radical (unpaired) electrons. The van der Waals surface area contributed by atoms with E-state index in [1.54, 1.807) is 5.48 Å². The molecule has 2 aromatic rings. The molecule has 2 aromatic carbocycles. The number of nitrogens with one attached hydrogen (secondary N) is 1. The standard InChI is InChI=1S/C21H27NO5/c1-3-26-14-13-19(23)21(2,20(24)22-25)27-15-16-9-11-18(12-10-16)17-7-5-4-6-8-17/h4-12,19,23,25H,3,13-15H2,1-2H3,(H,22,24)/t19-,21+/m1/s1. The summed E-state index contributed by atoms with van der Waals surface area (Å²) in [5.74, 6) is -0.799. The van der Waals surface area contributed by atoms with Crippen LogP contribution in [0.1, 0.15) is 25.8 Å². The maximum absolute atomic E-state index is 12.1. The summed E-state index contributed by atoms with van der Waals surface area (Å²) in [6.45, 7) is 4.23. The maximum Gasteiger partial charge on any atom is 0.277 e. The van der Waals surface area contributed by atoms with Gasteiger partial charge in [0.25, 0.3) is 5.91 Å². The van der Waals surface area contributed by atoms with Crippen molar-refractivity contribution in [1.29, 1.82) is 0 Å². The minimum Gasteiger partial charge on any atom is -0.389 e. The van der Waals surface area contributed by atoms with E-state index >= 15 is 0 Å². The lowest BCUT2D eigenvalue weighted by molar-refractivity contribution is -0.174. The third-order valence-electron chi connectivity index (χ3n) is 4.53. The third-order valence-corrected chi connectivity index (χ3v) is 4.53. The highest BCUT2D eigenvalue weighted by molar-refractivity contribution is 5.84. The number of aliphatic hydroxyl groups is 1. The number of amides is 1. The number of carbonyl (C=O) groups is 1. The van der Waals surface area contributed by atoms with Crippen LogP contribution >= 0.6 is 0 Å². The predicted molar refractivity (Wildman–Crippen MR) is 102 cm³/mol. The molecule has 0 heterocycles. The highest BCUT2D eigenvalue weighted by Crippen LogP contribution is 2.23. The number of rotatable bonds is 10. The quantitative estimate of drug-likeness (QED) is 0.339. The smallest absolute Gasteiger partial charge is 0.277 e. The van der Waals surface area contributed by atoms with Crippen molar-refractivity contribution >= 4 is 5.91 Å². The van der Waals surface area contributed by atoms with Crippen LogP contribution in [0.25, 0.3) is 11.1 Å². The first-order valence-electron chi connectivity index (χ1n) is 9.00. The fourth-order valence-electron chi connectivity index (χ4n) is 2.70. The van der Waals surface area contributed by atoms with E-state index in [0.717, 1.165) is 16.7 Å². The van der Waals surface area contributed by atoms with Gasteiger partial charge in [-0.15, -0.1) is 0 Å². The Balaban J connectivity index is 2.04. The summed E-state index contributed by atoms with van der Waals surface area (Å²) in [5.41, 5.74) is 3.02. The number of benzene rings is 2. The molecule has 2 rings (SSSR count). The highest BCUT2D eigenvalue weighted by atomic mass is 16.5. The Kier molecular flexibility index (Phi) is 7.94. The second kappa shape index (κ2) is 10.2. The molecule has 3 N–H and O–H groups in total. The molecule has 0 spiro atoms. The second-order valence-corrected chi connectivity index (χ2v) is 6.40. The lowest BCUT2D eigenvalue weighted by Gasteiger charge is -2.32. The SMILES string of the molecule is CCOCC[C@@H](O)[C@](C)(OCc1ccc(-c2ccccc2)cc1)C(=O)NO. The van der Waals surface area contributed by atoms with Crippen LogP contribution in [-0.2, 0) is 20.9 Å². The van der Waals surface area contributed by atoms with Gasteiger partial charge in [-0.1, -0.05) is 54.6 Å². The Hall–Kier alpha value is -2.25. The van der Waals surface area contributed by atoms with Crippen molar-refractivity contribution in [3.63, 3.8) is 0 Å². The average Bonchev–Trinajstić information content (AvgIpc) is 2.72. The second-order valence-electron chi connectivity index (χ2n) is 6.40. The van der Waals surface area contributed by atoms with Gasteiger partial charge < -0.3 is 14.6 Å². The van der Waals surface area contributed by atoms with Gasteiger partial charge in [0, 0.05) is 19.6 Å². The summed E-state index contributed by atoms with van der Waals surface area (Å²) in [4.78, 5) is 12.1. The first-order chi connectivity index (χ1) is 13.0. The monoisotopic (exact) mass is 373 g/mol. The highest BCUT2D eigenvalue weighted by Gasteiger charge is 2.41. The van der Waals surface area contributed by atoms with Crippen molar-refractivity contribution in [3.8, 4) is 11.1 Å². The van der Waals surface area contributed by atoms with E-state index in [9.17, 15) is 9.90 Å². The van der Waals surface area contributed by atoms with E-state index < -0.39 is 17.6 Å². The molecular weight excluding hydrogens is 346 g/mol. The predicted octanol–water partition coefficient (Wildman–Crippen LogP) is 2.92. The molecule has 27 heavy (non-hydrogen) atoms. The Labute approximate surface area is 159 Å². The van der Waals surface area contributed by atoms with Crippen LogP contribution in [-0.4, -0.2) is 41.1 Å². The number of hydrogen-bond acceptors (Lipinski definition) is 5. The van der Waals surface area contributed by atoms with E-state index in [1.165, 1.54) is 6.92 Å². The van der Waals surface area contributed by atoms with Gasteiger partial charge in [-0.2, -0.15) is 0 Å². The molecule has 0 aliphatic heterocycles. The van der Waals surface area contributed by atoms with Crippen molar-refractivity contribution in [2.24, 2.45) is 0 Å². The first-order valence-corrected chi connectivity index (χ1v) is 9.00. The molecular formula is C21H27NO5. The van der Waals surface area contributed by atoms with E-state index in [1.807, 2.05) is 61.5 Å². The Bertz CT molecular complexity index is 704. The van der Waals surface area contributed by atoms with Crippen molar-refractivity contribution in [2.45, 2.75) is 38.6 Å². The molecule has 0 bridgehead atoms. The van der Waals surface area contributed by atoms with Crippen LogP contribution in [0.3, 0.4) is 0 Å². The van der Waals surface area contributed by atoms with E-state index in [-0.39, 0.29) is 13.0 Å².